The standard InChI is InChI=1S/C26H19FN2O5/c1-33-19-11-6-7-15-13-20(34-25(15)19)23(30)21-22(17-9-2-3-10-18(17)27)29(26(32)24(21)31)14-16-8-4-5-12-28-16/h2-13,22,31H,14H2,1H3. The average molecular weight is 458 g/mol. The van der Waals surface area contributed by atoms with Crippen LogP contribution in [-0.4, -0.2) is 33.8 Å². The van der Waals surface area contributed by atoms with Gasteiger partial charge in [0.1, 0.15) is 5.82 Å². The quantitative estimate of drug-likeness (QED) is 0.419. The molecule has 2 aromatic heterocycles. The van der Waals surface area contributed by atoms with Crippen molar-refractivity contribution in [1.82, 2.24) is 9.88 Å². The van der Waals surface area contributed by atoms with Crippen LogP contribution < -0.4 is 4.74 Å². The monoisotopic (exact) mass is 458 g/mol. The number of aromatic nitrogens is 1. The molecule has 0 bridgehead atoms. The van der Waals surface area contributed by atoms with E-state index in [0.717, 1.165) is 0 Å². The number of hydrogen-bond acceptors (Lipinski definition) is 6. The SMILES string of the molecule is COc1cccc2cc(C(=O)C3=C(O)C(=O)N(Cc4ccccn4)C3c3ccccc3F)oc12. The Kier molecular flexibility index (Phi) is 5.33. The summed E-state index contributed by atoms with van der Waals surface area (Å²) in [6.07, 6.45) is 1.56. The van der Waals surface area contributed by atoms with Crippen LogP contribution >= 0.6 is 0 Å². The molecule has 8 heteroatoms. The summed E-state index contributed by atoms with van der Waals surface area (Å²) in [6, 6.07) is 16.5. The number of aliphatic hydroxyl groups excluding tert-OH is 1. The molecule has 4 aromatic rings. The number of Topliss-reactive ketones (excluding diaryl/α,β-unsaturated/α-hetero) is 1. The van der Waals surface area contributed by atoms with Gasteiger partial charge in [-0.1, -0.05) is 36.4 Å². The Hall–Kier alpha value is -4.46. The number of fused-ring (bicyclic) bond motifs is 1. The van der Waals surface area contributed by atoms with E-state index >= 15 is 0 Å². The minimum absolute atomic E-state index is 0.0343. The third kappa shape index (κ3) is 3.49. The van der Waals surface area contributed by atoms with Gasteiger partial charge in [-0.15, -0.1) is 0 Å². The molecule has 2 aromatic carbocycles. The van der Waals surface area contributed by atoms with Crippen LogP contribution in [0.15, 0.2) is 88.7 Å². The first-order chi connectivity index (χ1) is 16.5. The Bertz CT molecular complexity index is 1440. The van der Waals surface area contributed by atoms with Gasteiger partial charge in [0.2, 0.25) is 5.78 Å². The summed E-state index contributed by atoms with van der Waals surface area (Å²) in [4.78, 5) is 32.1. The number of para-hydroxylation sites is 1. The summed E-state index contributed by atoms with van der Waals surface area (Å²) < 4.78 is 26.0. The van der Waals surface area contributed by atoms with Crippen LogP contribution in [0.3, 0.4) is 0 Å². The highest BCUT2D eigenvalue weighted by Crippen LogP contribution is 2.41. The van der Waals surface area contributed by atoms with Crippen LogP contribution in [0.5, 0.6) is 5.75 Å². The van der Waals surface area contributed by atoms with Crippen molar-refractivity contribution >= 4 is 22.7 Å². The Morgan fingerprint density at radius 1 is 1.15 bits per heavy atom. The third-order valence-electron chi connectivity index (χ3n) is 5.76. The van der Waals surface area contributed by atoms with Crippen molar-refractivity contribution in [3.8, 4) is 5.75 Å². The van der Waals surface area contributed by atoms with E-state index in [-0.39, 0.29) is 23.4 Å². The zero-order valence-corrected chi connectivity index (χ0v) is 18.1. The van der Waals surface area contributed by atoms with Crippen molar-refractivity contribution in [1.29, 1.82) is 0 Å². The van der Waals surface area contributed by atoms with Crippen LogP contribution in [0.1, 0.15) is 27.9 Å². The van der Waals surface area contributed by atoms with Crippen molar-refractivity contribution in [3.05, 3.63) is 107 Å². The van der Waals surface area contributed by atoms with Crippen molar-refractivity contribution < 1.29 is 28.2 Å². The highest BCUT2D eigenvalue weighted by Gasteiger charge is 2.45. The number of nitrogens with zero attached hydrogens (tertiary/aromatic N) is 2. The summed E-state index contributed by atoms with van der Waals surface area (Å²) in [7, 11) is 1.48. The molecule has 3 heterocycles. The van der Waals surface area contributed by atoms with Crippen LogP contribution in [0.25, 0.3) is 11.0 Å². The average Bonchev–Trinajstić information content (AvgIpc) is 3.40. The maximum absolute atomic E-state index is 14.9. The molecule has 1 N–H and O–H groups in total. The molecule has 1 unspecified atom stereocenters. The molecule has 1 aliphatic rings. The first-order valence-electron chi connectivity index (χ1n) is 10.5. The van der Waals surface area contributed by atoms with E-state index in [2.05, 4.69) is 4.98 Å². The van der Waals surface area contributed by atoms with Gasteiger partial charge < -0.3 is 19.2 Å². The van der Waals surface area contributed by atoms with Gasteiger partial charge in [-0.05, 0) is 30.3 Å². The van der Waals surface area contributed by atoms with Crippen molar-refractivity contribution in [3.63, 3.8) is 0 Å². The highest BCUT2D eigenvalue weighted by atomic mass is 19.1. The molecule has 34 heavy (non-hydrogen) atoms. The van der Waals surface area contributed by atoms with E-state index in [0.29, 0.717) is 22.4 Å². The molecule has 0 saturated heterocycles. The number of aliphatic hydroxyl groups is 1. The first-order valence-corrected chi connectivity index (χ1v) is 10.5. The Labute approximate surface area is 193 Å². The van der Waals surface area contributed by atoms with Gasteiger partial charge in [-0.2, -0.15) is 0 Å². The number of hydrogen-bond donors (Lipinski definition) is 1. The molecule has 0 saturated carbocycles. The fraction of sp³-hybridized carbons (Fsp3) is 0.115. The molecule has 7 nitrogen and oxygen atoms in total. The zero-order valence-electron chi connectivity index (χ0n) is 18.1. The molecule has 170 valence electrons. The minimum atomic E-state index is -1.17. The van der Waals surface area contributed by atoms with E-state index in [9.17, 15) is 19.1 Å². The number of amides is 1. The molecule has 5 rings (SSSR count). The van der Waals surface area contributed by atoms with Gasteiger partial charge in [0.25, 0.3) is 5.91 Å². The van der Waals surface area contributed by atoms with E-state index < -0.39 is 29.3 Å². The highest BCUT2D eigenvalue weighted by molar-refractivity contribution is 6.16. The lowest BCUT2D eigenvalue weighted by molar-refractivity contribution is -0.130. The number of rotatable bonds is 6. The summed E-state index contributed by atoms with van der Waals surface area (Å²) in [5.74, 6) is -2.55. The summed E-state index contributed by atoms with van der Waals surface area (Å²) in [6.45, 7) is -0.0343. The van der Waals surface area contributed by atoms with Crippen molar-refractivity contribution in [2.24, 2.45) is 0 Å². The number of carbonyl (C=O) groups is 2. The van der Waals surface area contributed by atoms with Gasteiger partial charge in [-0.25, -0.2) is 4.39 Å². The van der Waals surface area contributed by atoms with E-state index in [4.69, 9.17) is 9.15 Å². The number of furan rings is 1. The molecule has 1 aliphatic heterocycles. The molecule has 0 spiro atoms. The minimum Gasteiger partial charge on any atom is -0.503 e. The van der Waals surface area contributed by atoms with Gasteiger partial charge >= 0.3 is 0 Å². The number of pyridine rings is 1. The Morgan fingerprint density at radius 2 is 1.94 bits per heavy atom. The normalized spacial score (nSPS) is 15.9. The smallest absolute Gasteiger partial charge is 0.290 e. The van der Waals surface area contributed by atoms with E-state index in [1.165, 1.54) is 36.3 Å². The fourth-order valence-corrected chi connectivity index (χ4v) is 4.18. The topological polar surface area (TPSA) is 92.9 Å². The molecular formula is C26H19FN2O5. The zero-order chi connectivity index (χ0) is 23.8. The third-order valence-corrected chi connectivity index (χ3v) is 5.76. The Morgan fingerprint density at radius 3 is 2.68 bits per heavy atom. The molecule has 0 aliphatic carbocycles. The number of carbonyl (C=O) groups excluding carboxylic acids is 2. The molecule has 0 radical (unpaired) electrons. The lowest BCUT2D eigenvalue weighted by Gasteiger charge is -2.26. The molecule has 1 atom stereocenters. The van der Waals surface area contributed by atoms with Crippen molar-refractivity contribution in [2.45, 2.75) is 12.6 Å². The Balaban J connectivity index is 1.62. The number of ether oxygens (including phenoxy) is 1. The second-order valence-electron chi connectivity index (χ2n) is 7.76. The maximum atomic E-state index is 14.9. The van der Waals surface area contributed by atoms with Crippen LogP contribution in [0, 0.1) is 5.82 Å². The van der Waals surface area contributed by atoms with Gasteiger partial charge in [0.15, 0.2) is 22.9 Å². The molecular weight excluding hydrogens is 439 g/mol. The molecule has 0 fully saturated rings. The van der Waals surface area contributed by atoms with Gasteiger partial charge in [0.05, 0.1) is 31.0 Å². The predicted molar refractivity (Wildman–Crippen MR) is 121 cm³/mol. The van der Waals surface area contributed by atoms with E-state index in [1.807, 2.05) is 0 Å². The number of halogens is 1. The fourth-order valence-electron chi connectivity index (χ4n) is 4.18. The predicted octanol–water partition coefficient (Wildman–Crippen LogP) is 4.75. The van der Waals surface area contributed by atoms with Gasteiger partial charge in [0, 0.05) is 17.1 Å². The second-order valence-corrected chi connectivity index (χ2v) is 7.76. The van der Waals surface area contributed by atoms with Gasteiger partial charge in [-0.3, -0.25) is 14.6 Å². The van der Waals surface area contributed by atoms with Crippen LogP contribution in [-0.2, 0) is 11.3 Å². The lowest BCUT2D eigenvalue weighted by atomic mass is 9.94. The number of benzene rings is 2. The first kappa shape index (κ1) is 21.4. The van der Waals surface area contributed by atoms with Crippen molar-refractivity contribution in [2.75, 3.05) is 7.11 Å². The largest absolute Gasteiger partial charge is 0.503 e. The second kappa shape index (κ2) is 8.47. The van der Waals surface area contributed by atoms with E-state index in [1.54, 1.807) is 48.7 Å². The van der Waals surface area contributed by atoms with Crippen LogP contribution in [0.4, 0.5) is 4.39 Å². The number of methoxy groups -OCH3 is 1. The summed E-state index contributed by atoms with van der Waals surface area (Å²) in [5, 5.41) is 11.4. The molecule has 1 amide bonds. The number of ketones is 1. The summed E-state index contributed by atoms with van der Waals surface area (Å²) in [5.41, 5.74) is 0.689. The van der Waals surface area contributed by atoms with Crippen LogP contribution in [0.2, 0.25) is 0 Å². The lowest BCUT2D eigenvalue weighted by Crippen LogP contribution is -2.31. The summed E-state index contributed by atoms with van der Waals surface area (Å²) >= 11 is 0. The maximum Gasteiger partial charge on any atom is 0.290 e.